The summed E-state index contributed by atoms with van der Waals surface area (Å²) in [5, 5.41) is -0.621. The topological polar surface area (TPSA) is 29.5 Å². The minimum absolute atomic E-state index is 0.253. The summed E-state index contributed by atoms with van der Waals surface area (Å²) in [6, 6.07) is 7.66. The summed E-state index contributed by atoms with van der Waals surface area (Å²) in [6.45, 7) is 6.34. The first-order chi connectivity index (χ1) is 9.99. The number of thiol groups is 1. The van der Waals surface area contributed by atoms with Crippen molar-refractivity contribution in [1.29, 1.82) is 0 Å². The molecule has 5 heteroatoms. The van der Waals surface area contributed by atoms with Crippen LogP contribution >= 0.6 is 24.2 Å². The van der Waals surface area contributed by atoms with E-state index in [4.69, 9.17) is 16.3 Å². The van der Waals surface area contributed by atoms with Gasteiger partial charge in [0.1, 0.15) is 5.75 Å². The molecule has 1 rings (SSSR count). The first-order valence-electron chi connectivity index (χ1n) is 7.39. The highest BCUT2D eigenvalue weighted by atomic mass is 35.5. The van der Waals surface area contributed by atoms with Crippen molar-refractivity contribution < 1.29 is 9.53 Å². The molecule has 1 aromatic rings. The van der Waals surface area contributed by atoms with Crippen LogP contribution in [0.15, 0.2) is 24.3 Å². The summed E-state index contributed by atoms with van der Waals surface area (Å²) in [5.74, 6) is 0.565. The van der Waals surface area contributed by atoms with Crippen LogP contribution in [0.4, 0.5) is 4.79 Å². The van der Waals surface area contributed by atoms with Crippen LogP contribution in [0, 0.1) is 0 Å². The molecule has 0 aliphatic rings. The Hall–Kier alpha value is -0.870. The minimum Gasteiger partial charge on any atom is -0.410 e. The number of carbonyl (C=O) groups excluding carboxylic acids is 1. The van der Waals surface area contributed by atoms with Crippen LogP contribution in [0.3, 0.4) is 0 Å². The number of carbonyl (C=O) groups is 1. The Morgan fingerprint density at radius 1 is 1.43 bits per heavy atom. The molecule has 0 heterocycles. The number of halogens is 1. The van der Waals surface area contributed by atoms with Gasteiger partial charge in [-0.05, 0) is 44.4 Å². The summed E-state index contributed by atoms with van der Waals surface area (Å²) in [6.07, 6.45) is 2.84. The quantitative estimate of drug-likeness (QED) is 0.445. The second kappa shape index (κ2) is 9.21. The van der Waals surface area contributed by atoms with Crippen molar-refractivity contribution in [3.8, 4) is 5.75 Å². The van der Waals surface area contributed by atoms with E-state index in [0.717, 1.165) is 19.3 Å². The number of ether oxygens (including phenoxy) is 1. The van der Waals surface area contributed by atoms with E-state index in [1.807, 2.05) is 25.1 Å². The van der Waals surface area contributed by atoms with Crippen LogP contribution in [0.2, 0.25) is 0 Å². The zero-order chi connectivity index (χ0) is 15.8. The normalized spacial score (nSPS) is 13.6. The SMILES string of the molecule is CCCCc1cccc(OC(=O)N(CC)C(S)C(C)Cl)c1. The van der Waals surface area contributed by atoms with Crippen molar-refractivity contribution in [1.82, 2.24) is 4.90 Å². The van der Waals surface area contributed by atoms with Crippen molar-refractivity contribution in [2.45, 2.75) is 50.8 Å². The fourth-order valence-corrected chi connectivity index (χ4v) is 2.37. The Morgan fingerprint density at radius 2 is 2.14 bits per heavy atom. The maximum absolute atomic E-state index is 12.2. The number of hydrogen-bond acceptors (Lipinski definition) is 3. The van der Waals surface area contributed by atoms with E-state index in [1.165, 1.54) is 10.5 Å². The maximum Gasteiger partial charge on any atom is 0.416 e. The maximum atomic E-state index is 12.2. The number of hydrogen-bond donors (Lipinski definition) is 1. The lowest BCUT2D eigenvalue weighted by Gasteiger charge is -2.27. The van der Waals surface area contributed by atoms with E-state index >= 15 is 0 Å². The van der Waals surface area contributed by atoms with Crippen LogP contribution in [0.1, 0.15) is 39.2 Å². The zero-order valence-corrected chi connectivity index (χ0v) is 14.5. The van der Waals surface area contributed by atoms with E-state index in [-0.39, 0.29) is 10.8 Å². The highest BCUT2D eigenvalue weighted by molar-refractivity contribution is 7.81. The van der Waals surface area contributed by atoms with Crippen molar-refractivity contribution >= 4 is 30.3 Å². The molecule has 21 heavy (non-hydrogen) atoms. The molecular formula is C16H24ClNO2S. The smallest absolute Gasteiger partial charge is 0.410 e. The molecule has 0 aliphatic heterocycles. The van der Waals surface area contributed by atoms with Gasteiger partial charge in [0.05, 0.1) is 10.8 Å². The van der Waals surface area contributed by atoms with Crippen LogP contribution in [-0.2, 0) is 6.42 Å². The van der Waals surface area contributed by atoms with Gasteiger partial charge in [-0.3, -0.25) is 4.90 Å². The van der Waals surface area contributed by atoms with Gasteiger partial charge in [-0.2, -0.15) is 12.6 Å². The van der Waals surface area contributed by atoms with Crippen molar-refractivity contribution in [2.24, 2.45) is 0 Å². The second-order valence-corrected chi connectivity index (χ2v) is 6.21. The third kappa shape index (κ3) is 5.79. The van der Waals surface area contributed by atoms with Crippen LogP contribution in [0.5, 0.6) is 5.75 Å². The summed E-state index contributed by atoms with van der Waals surface area (Å²) in [4.78, 5) is 13.7. The average Bonchev–Trinajstić information content (AvgIpc) is 2.46. The predicted octanol–water partition coefficient (Wildman–Crippen LogP) is 4.73. The lowest BCUT2D eigenvalue weighted by Crippen LogP contribution is -2.42. The zero-order valence-electron chi connectivity index (χ0n) is 12.9. The number of nitrogens with zero attached hydrogens (tertiary/aromatic N) is 1. The van der Waals surface area contributed by atoms with E-state index < -0.39 is 6.09 Å². The number of alkyl halides is 1. The van der Waals surface area contributed by atoms with Gasteiger partial charge in [0.25, 0.3) is 0 Å². The molecule has 118 valence electrons. The van der Waals surface area contributed by atoms with E-state index in [2.05, 4.69) is 19.6 Å². The Bertz CT molecular complexity index is 454. The molecule has 0 radical (unpaired) electrons. The van der Waals surface area contributed by atoms with Crippen LogP contribution < -0.4 is 4.74 Å². The summed E-state index contributed by atoms with van der Waals surface area (Å²) in [5.41, 5.74) is 1.18. The molecule has 0 aromatic heterocycles. The number of benzene rings is 1. The second-order valence-electron chi connectivity index (χ2n) is 5.00. The molecule has 0 fully saturated rings. The molecule has 0 spiro atoms. The standard InChI is InChI=1S/C16H24ClNO2S/c1-4-6-8-13-9-7-10-14(11-13)20-16(19)18(5-2)15(21)12(3)17/h7,9-12,15,21H,4-6,8H2,1-3H3. The fraction of sp³-hybridized carbons (Fsp3) is 0.562. The summed E-state index contributed by atoms with van der Waals surface area (Å²) < 4.78 is 5.44. The molecule has 0 bridgehead atoms. The van der Waals surface area contributed by atoms with Gasteiger partial charge in [0.2, 0.25) is 0 Å². The first-order valence-corrected chi connectivity index (χ1v) is 8.34. The van der Waals surface area contributed by atoms with Crippen molar-refractivity contribution in [2.75, 3.05) is 6.54 Å². The third-order valence-corrected chi connectivity index (χ3v) is 4.37. The predicted molar refractivity (Wildman–Crippen MR) is 91.5 cm³/mol. The number of unbranched alkanes of at least 4 members (excludes halogenated alkanes) is 1. The van der Waals surface area contributed by atoms with Gasteiger partial charge in [-0.15, -0.1) is 11.6 Å². The number of amides is 1. The monoisotopic (exact) mass is 329 g/mol. The van der Waals surface area contributed by atoms with Gasteiger partial charge in [-0.1, -0.05) is 25.5 Å². The summed E-state index contributed by atoms with van der Waals surface area (Å²) in [7, 11) is 0. The highest BCUT2D eigenvalue weighted by Crippen LogP contribution is 2.19. The molecule has 0 saturated carbocycles. The van der Waals surface area contributed by atoms with Gasteiger partial charge in [0.15, 0.2) is 0 Å². The first kappa shape index (κ1) is 18.2. The molecule has 3 nitrogen and oxygen atoms in total. The lowest BCUT2D eigenvalue weighted by atomic mass is 10.1. The molecule has 1 amide bonds. The van der Waals surface area contributed by atoms with Gasteiger partial charge in [-0.25, -0.2) is 4.79 Å². The molecule has 0 N–H and O–H groups in total. The molecule has 2 atom stereocenters. The molecule has 2 unspecified atom stereocenters. The molecule has 1 aromatic carbocycles. The van der Waals surface area contributed by atoms with E-state index in [0.29, 0.717) is 12.3 Å². The van der Waals surface area contributed by atoms with E-state index in [1.54, 1.807) is 13.0 Å². The Morgan fingerprint density at radius 3 is 2.71 bits per heavy atom. The molecular weight excluding hydrogens is 306 g/mol. The van der Waals surface area contributed by atoms with Crippen molar-refractivity contribution in [3.05, 3.63) is 29.8 Å². The number of rotatable bonds is 7. The average molecular weight is 330 g/mol. The third-order valence-electron chi connectivity index (χ3n) is 3.23. The molecule has 0 aliphatic carbocycles. The van der Waals surface area contributed by atoms with Gasteiger partial charge in [0, 0.05) is 6.54 Å². The van der Waals surface area contributed by atoms with Gasteiger partial charge >= 0.3 is 6.09 Å². The van der Waals surface area contributed by atoms with Crippen LogP contribution in [-0.4, -0.2) is 28.3 Å². The highest BCUT2D eigenvalue weighted by Gasteiger charge is 2.24. The minimum atomic E-state index is -0.419. The lowest BCUT2D eigenvalue weighted by molar-refractivity contribution is 0.150. The van der Waals surface area contributed by atoms with Gasteiger partial charge < -0.3 is 4.74 Å². The Kier molecular flexibility index (Phi) is 7.97. The fourth-order valence-electron chi connectivity index (χ4n) is 1.98. The van der Waals surface area contributed by atoms with Crippen molar-refractivity contribution in [3.63, 3.8) is 0 Å². The number of aryl methyl sites for hydroxylation is 1. The Labute approximate surface area is 138 Å². The largest absolute Gasteiger partial charge is 0.416 e. The molecule has 0 saturated heterocycles. The van der Waals surface area contributed by atoms with Crippen LogP contribution in [0.25, 0.3) is 0 Å². The summed E-state index contributed by atoms with van der Waals surface area (Å²) >= 11 is 10.4. The Balaban J connectivity index is 2.72. The van der Waals surface area contributed by atoms with E-state index in [9.17, 15) is 4.79 Å².